The average Bonchev–Trinajstić information content (AvgIpc) is 3.30. The molecule has 0 aromatic carbocycles. The first-order valence-electron chi connectivity index (χ1n) is 29.7. The van der Waals surface area contributed by atoms with E-state index in [4.69, 9.17) is 18.9 Å². The van der Waals surface area contributed by atoms with E-state index in [0.717, 1.165) is 38.5 Å². The number of unbranched alkanes of at least 4 members (excludes halogenated alkanes) is 41. The molecule has 1 N–H and O–H groups in total. The number of quaternary nitrogens is 1. The molecule has 0 amide bonds. The van der Waals surface area contributed by atoms with E-state index in [1.54, 1.807) is 0 Å². The molecular formula is C59H116NO8+. The highest BCUT2D eigenvalue weighted by Gasteiger charge is 2.25. The van der Waals surface area contributed by atoms with Crippen molar-refractivity contribution in [1.29, 1.82) is 0 Å². The summed E-state index contributed by atoms with van der Waals surface area (Å²) >= 11 is 0. The fraction of sp³-hybridized carbons (Fsp3) is 0.949. The van der Waals surface area contributed by atoms with Gasteiger partial charge in [0.2, 0.25) is 0 Å². The maximum absolute atomic E-state index is 12.9. The topological polar surface area (TPSA) is 108 Å². The van der Waals surface area contributed by atoms with Crippen LogP contribution in [0, 0.1) is 0 Å². The first-order chi connectivity index (χ1) is 33.1. The Bertz CT molecular complexity index is 1080. The molecule has 0 aromatic heterocycles. The van der Waals surface area contributed by atoms with E-state index in [-0.39, 0.29) is 38.2 Å². The zero-order chi connectivity index (χ0) is 49.9. The Morgan fingerprint density at radius 3 is 0.941 bits per heavy atom. The normalized spacial score (nSPS) is 12.7. The van der Waals surface area contributed by atoms with Gasteiger partial charge in [0.25, 0.3) is 6.29 Å². The Labute approximate surface area is 422 Å². The smallest absolute Gasteiger partial charge is 0.361 e. The van der Waals surface area contributed by atoms with Crippen molar-refractivity contribution in [3.63, 3.8) is 0 Å². The molecule has 0 aliphatic carbocycles. The number of esters is 2. The lowest BCUT2D eigenvalue weighted by molar-refractivity contribution is -0.870. The molecule has 0 bridgehead atoms. The number of hydrogen-bond acceptors (Lipinski definition) is 7. The van der Waals surface area contributed by atoms with E-state index >= 15 is 0 Å². The summed E-state index contributed by atoms with van der Waals surface area (Å²) < 4.78 is 22.9. The molecule has 0 saturated heterocycles. The Kier molecular flexibility index (Phi) is 50.3. The maximum Gasteiger partial charge on any atom is 0.361 e. The van der Waals surface area contributed by atoms with Gasteiger partial charge in [0.1, 0.15) is 13.2 Å². The van der Waals surface area contributed by atoms with Crippen LogP contribution < -0.4 is 0 Å². The lowest BCUT2D eigenvalue weighted by Crippen LogP contribution is -2.40. The molecule has 0 aromatic rings. The van der Waals surface area contributed by atoms with Crippen molar-refractivity contribution in [1.82, 2.24) is 0 Å². The van der Waals surface area contributed by atoms with Crippen LogP contribution in [0.5, 0.6) is 0 Å². The molecule has 0 radical (unpaired) electrons. The summed E-state index contributed by atoms with van der Waals surface area (Å²) in [5.74, 6) is -1.97. The van der Waals surface area contributed by atoms with E-state index in [1.165, 1.54) is 238 Å². The van der Waals surface area contributed by atoms with Crippen LogP contribution in [0.4, 0.5) is 0 Å². The summed E-state index contributed by atoms with van der Waals surface area (Å²) in [6.07, 6.45) is 54.7. The summed E-state index contributed by atoms with van der Waals surface area (Å²) in [5, 5.41) is 9.70. The second-order valence-corrected chi connectivity index (χ2v) is 21.7. The molecule has 2 unspecified atom stereocenters. The predicted octanol–water partition coefficient (Wildman–Crippen LogP) is 17.2. The fourth-order valence-corrected chi connectivity index (χ4v) is 9.02. The molecule has 0 fully saturated rings. The van der Waals surface area contributed by atoms with Crippen LogP contribution in [0.3, 0.4) is 0 Å². The van der Waals surface area contributed by atoms with Gasteiger partial charge in [-0.1, -0.05) is 277 Å². The summed E-state index contributed by atoms with van der Waals surface area (Å²) in [6, 6.07) is 0. The van der Waals surface area contributed by atoms with E-state index in [0.29, 0.717) is 17.4 Å². The van der Waals surface area contributed by atoms with Gasteiger partial charge in [0, 0.05) is 12.8 Å². The third-order valence-corrected chi connectivity index (χ3v) is 13.6. The van der Waals surface area contributed by atoms with Crippen molar-refractivity contribution >= 4 is 17.9 Å². The van der Waals surface area contributed by atoms with E-state index in [1.807, 2.05) is 21.1 Å². The summed E-state index contributed by atoms with van der Waals surface area (Å²) in [6.45, 7) is 4.95. The highest BCUT2D eigenvalue weighted by Crippen LogP contribution is 2.18. The van der Waals surface area contributed by atoms with Crippen molar-refractivity contribution in [3.05, 3.63) is 0 Å². The monoisotopic (exact) mass is 967 g/mol. The quantitative estimate of drug-likeness (QED) is 0.0278. The maximum atomic E-state index is 12.9. The number of ether oxygens (including phenoxy) is 4. The lowest BCUT2D eigenvalue weighted by Gasteiger charge is -2.25. The molecule has 0 aliphatic heterocycles. The summed E-state index contributed by atoms with van der Waals surface area (Å²) in [5.41, 5.74) is 0. The van der Waals surface area contributed by atoms with Gasteiger partial charge in [0.15, 0.2) is 6.10 Å². The number of nitrogens with zero attached hydrogens (tertiary/aromatic N) is 1. The summed E-state index contributed by atoms with van der Waals surface area (Å²) in [7, 11) is 5.98. The molecule has 0 heterocycles. The third kappa shape index (κ3) is 52.1. The molecule has 0 spiro atoms. The standard InChI is InChI=1S/C59H115NO8/c1-6-8-10-12-14-16-18-20-22-24-25-26-27-28-29-30-31-32-34-36-38-40-42-44-46-48-50-57(62)68-55(54-67-59(58(63)64)65-52-51-60(3,4)5)53-66-56(61)49-47-45-43-41-39-37-35-33-23-21-19-17-15-13-11-9-7-2/h55,59H,6-54H2,1-5H3/p+1. The van der Waals surface area contributed by atoms with Gasteiger partial charge in [0.05, 0.1) is 34.4 Å². The second-order valence-electron chi connectivity index (χ2n) is 21.7. The second kappa shape index (κ2) is 51.6. The van der Waals surface area contributed by atoms with E-state index in [2.05, 4.69) is 13.8 Å². The van der Waals surface area contributed by atoms with Gasteiger partial charge >= 0.3 is 17.9 Å². The van der Waals surface area contributed by atoms with Gasteiger partial charge in [-0.05, 0) is 12.8 Å². The molecule has 68 heavy (non-hydrogen) atoms. The Hall–Kier alpha value is -1.71. The molecule has 0 rings (SSSR count). The first kappa shape index (κ1) is 66.3. The zero-order valence-electron chi connectivity index (χ0n) is 46.1. The molecular weight excluding hydrogens is 851 g/mol. The van der Waals surface area contributed by atoms with Crippen LogP contribution in [-0.4, -0.2) is 87.4 Å². The predicted molar refractivity (Wildman–Crippen MR) is 286 cm³/mol. The van der Waals surface area contributed by atoms with Crippen molar-refractivity contribution in [2.24, 2.45) is 0 Å². The SMILES string of the molecule is CCCCCCCCCCCCCCCCCCCCCCCCCCCCC(=O)OC(COC(=O)CCCCCCCCCCCCCCCCCCC)COC(OCC[N+](C)(C)C)C(=O)O. The average molecular weight is 968 g/mol. The van der Waals surface area contributed by atoms with Crippen LogP contribution >= 0.6 is 0 Å². The van der Waals surface area contributed by atoms with Gasteiger partial charge in [-0.3, -0.25) is 9.59 Å². The molecule has 0 aliphatic rings. The number of rotatable bonds is 56. The molecule has 0 saturated carbocycles. The van der Waals surface area contributed by atoms with Gasteiger partial charge in [-0.25, -0.2) is 4.79 Å². The van der Waals surface area contributed by atoms with Crippen LogP contribution in [0.1, 0.15) is 303 Å². The number of hydrogen-bond donors (Lipinski definition) is 1. The Morgan fingerprint density at radius 2 is 0.662 bits per heavy atom. The third-order valence-electron chi connectivity index (χ3n) is 13.6. The molecule has 2 atom stereocenters. The van der Waals surface area contributed by atoms with Crippen LogP contribution in [0.25, 0.3) is 0 Å². The Balaban J connectivity index is 4.14. The van der Waals surface area contributed by atoms with Gasteiger partial charge < -0.3 is 28.5 Å². The van der Waals surface area contributed by atoms with E-state index < -0.39 is 18.4 Å². The minimum atomic E-state index is -1.50. The number of carboxylic acids is 1. The van der Waals surface area contributed by atoms with Crippen molar-refractivity contribution < 1.29 is 42.9 Å². The summed E-state index contributed by atoms with van der Waals surface area (Å²) in [4.78, 5) is 37.4. The van der Waals surface area contributed by atoms with Crippen LogP contribution in [-0.2, 0) is 33.3 Å². The van der Waals surface area contributed by atoms with Crippen molar-refractivity contribution in [2.45, 2.75) is 315 Å². The number of carbonyl (C=O) groups excluding carboxylic acids is 2. The molecule has 9 heteroatoms. The van der Waals surface area contributed by atoms with Crippen molar-refractivity contribution in [3.8, 4) is 0 Å². The minimum absolute atomic E-state index is 0.172. The van der Waals surface area contributed by atoms with Gasteiger partial charge in [-0.15, -0.1) is 0 Å². The number of aliphatic carboxylic acids is 1. The molecule has 9 nitrogen and oxygen atoms in total. The first-order valence-corrected chi connectivity index (χ1v) is 29.7. The van der Waals surface area contributed by atoms with Crippen molar-refractivity contribution in [2.75, 3.05) is 47.5 Å². The fourth-order valence-electron chi connectivity index (χ4n) is 9.02. The lowest BCUT2D eigenvalue weighted by atomic mass is 10.0. The highest BCUT2D eigenvalue weighted by atomic mass is 16.7. The zero-order valence-corrected chi connectivity index (χ0v) is 46.1. The van der Waals surface area contributed by atoms with Crippen LogP contribution in [0.2, 0.25) is 0 Å². The number of carbonyl (C=O) groups is 3. The Morgan fingerprint density at radius 1 is 0.382 bits per heavy atom. The number of carboxylic acid groups (broad SMARTS) is 1. The highest BCUT2D eigenvalue weighted by molar-refractivity contribution is 5.71. The molecule has 404 valence electrons. The largest absolute Gasteiger partial charge is 0.477 e. The minimum Gasteiger partial charge on any atom is -0.477 e. The van der Waals surface area contributed by atoms with E-state index in [9.17, 15) is 19.5 Å². The van der Waals surface area contributed by atoms with Crippen LogP contribution in [0.15, 0.2) is 0 Å². The number of likely N-dealkylation sites (N-methyl/N-ethyl adjacent to an activating group) is 1. The van der Waals surface area contributed by atoms with Gasteiger partial charge in [-0.2, -0.15) is 0 Å².